The van der Waals surface area contributed by atoms with E-state index in [1.165, 1.54) is 0 Å². The van der Waals surface area contributed by atoms with Gasteiger partial charge in [-0.2, -0.15) is 10.5 Å². The summed E-state index contributed by atoms with van der Waals surface area (Å²) in [5.41, 5.74) is 0.870. The molecule has 0 aromatic rings. The van der Waals surface area contributed by atoms with Crippen molar-refractivity contribution in [3.05, 3.63) is 11.1 Å². The Morgan fingerprint density at radius 2 is 1.55 bits per heavy atom. The third-order valence-electron chi connectivity index (χ3n) is 1.40. The summed E-state index contributed by atoms with van der Waals surface area (Å²) in [4.78, 5) is 0. The van der Waals surface area contributed by atoms with Gasteiger partial charge in [0.05, 0.1) is 12.1 Å². The highest BCUT2D eigenvalue weighted by Gasteiger charge is 2.18. The molecule has 0 aliphatic rings. The molecule has 0 aromatic carbocycles. The molecule has 0 aromatic heterocycles. The average molecular weight is 148 g/mol. The molecule has 0 atom stereocenters. The molecule has 0 rings (SSSR count). The third kappa shape index (κ3) is 2.43. The van der Waals surface area contributed by atoms with Gasteiger partial charge in [-0.15, -0.1) is 0 Å². The second-order valence-corrected chi connectivity index (χ2v) is 3.47. The van der Waals surface area contributed by atoms with E-state index in [0.717, 1.165) is 0 Å². The highest BCUT2D eigenvalue weighted by atomic mass is 14.3. The van der Waals surface area contributed by atoms with Crippen molar-refractivity contribution in [1.82, 2.24) is 0 Å². The van der Waals surface area contributed by atoms with Crippen LogP contribution in [0, 0.1) is 28.1 Å². The zero-order valence-corrected chi connectivity index (χ0v) is 7.39. The average Bonchev–Trinajstić information content (AvgIpc) is 1.86. The molecular formula is C9H12N2. The van der Waals surface area contributed by atoms with Gasteiger partial charge in [0.25, 0.3) is 0 Å². The largest absolute Gasteiger partial charge is 0.193 e. The lowest BCUT2D eigenvalue weighted by molar-refractivity contribution is 0.516. The molecule has 0 fully saturated rings. The molecule has 0 aliphatic heterocycles. The summed E-state index contributed by atoms with van der Waals surface area (Å²) < 4.78 is 0. The van der Waals surface area contributed by atoms with Crippen LogP contribution in [0.3, 0.4) is 0 Å². The molecule has 0 unspecified atom stereocenters. The standard InChI is InChI=1S/C9H12N2/c1-7(5-10)8(6-11)9(2,3)4/h1-4H3/b8-7-. The summed E-state index contributed by atoms with van der Waals surface area (Å²) in [6.07, 6.45) is 0. The summed E-state index contributed by atoms with van der Waals surface area (Å²) >= 11 is 0. The lowest BCUT2D eigenvalue weighted by Gasteiger charge is -2.17. The van der Waals surface area contributed by atoms with Gasteiger partial charge in [0, 0.05) is 11.1 Å². The van der Waals surface area contributed by atoms with Crippen LogP contribution in [0.15, 0.2) is 11.1 Å². The molecule has 2 heteroatoms. The lowest BCUT2D eigenvalue weighted by Crippen LogP contribution is -2.09. The number of nitrogens with zero attached hydrogens (tertiary/aromatic N) is 2. The van der Waals surface area contributed by atoms with Gasteiger partial charge in [-0.25, -0.2) is 0 Å². The Balaban J connectivity index is 5.06. The predicted octanol–water partition coefficient (Wildman–Crippen LogP) is 2.40. The SMILES string of the molecule is C/C(C#N)=C(\C#N)C(C)(C)C. The molecule has 2 nitrogen and oxygen atoms in total. The maximum atomic E-state index is 8.70. The van der Waals surface area contributed by atoms with E-state index in [1.807, 2.05) is 32.9 Å². The van der Waals surface area contributed by atoms with E-state index < -0.39 is 0 Å². The minimum Gasteiger partial charge on any atom is -0.193 e. The quantitative estimate of drug-likeness (QED) is 0.495. The normalized spacial score (nSPS) is 12.9. The van der Waals surface area contributed by atoms with Crippen LogP contribution in [0.2, 0.25) is 0 Å². The van der Waals surface area contributed by atoms with E-state index in [0.29, 0.717) is 11.1 Å². The first-order valence-corrected chi connectivity index (χ1v) is 3.45. The molecule has 0 saturated carbocycles. The van der Waals surface area contributed by atoms with E-state index in [2.05, 4.69) is 0 Å². The molecule has 0 heterocycles. The zero-order valence-electron chi connectivity index (χ0n) is 7.39. The monoisotopic (exact) mass is 148 g/mol. The smallest absolute Gasteiger partial charge is 0.0963 e. The second-order valence-electron chi connectivity index (χ2n) is 3.47. The molecular weight excluding hydrogens is 136 g/mol. The molecule has 0 amide bonds. The van der Waals surface area contributed by atoms with E-state index >= 15 is 0 Å². The van der Waals surface area contributed by atoms with Crippen molar-refractivity contribution in [3.63, 3.8) is 0 Å². The van der Waals surface area contributed by atoms with Gasteiger partial charge < -0.3 is 0 Å². The van der Waals surface area contributed by atoms with Crippen LogP contribution in [0.1, 0.15) is 27.7 Å². The van der Waals surface area contributed by atoms with Crippen molar-refractivity contribution in [2.24, 2.45) is 5.41 Å². The Morgan fingerprint density at radius 1 is 1.09 bits per heavy atom. The van der Waals surface area contributed by atoms with Crippen molar-refractivity contribution in [3.8, 4) is 12.1 Å². The van der Waals surface area contributed by atoms with Crippen molar-refractivity contribution in [2.75, 3.05) is 0 Å². The van der Waals surface area contributed by atoms with Crippen molar-refractivity contribution in [1.29, 1.82) is 10.5 Å². The number of allylic oxidation sites excluding steroid dienone is 2. The molecule has 0 bridgehead atoms. The highest BCUT2D eigenvalue weighted by Crippen LogP contribution is 2.26. The molecule has 58 valence electrons. The first kappa shape index (κ1) is 9.72. The first-order valence-electron chi connectivity index (χ1n) is 3.45. The minimum atomic E-state index is -0.214. The summed E-state index contributed by atoms with van der Waals surface area (Å²) in [6.45, 7) is 7.44. The Hall–Kier alpha value is -1.28. The van der Waals surface area contributed by atoms with E-state index in [4.69, 9.17) is 10.5 Å². The third-order valence-corrected chi connectivity index (χ3v) is 1.40. The summed E-state index contributed by atoms with van der Waals surface area (Å²) in [7, 11) is 0. The van der Waals surface area contributed by atoms with Crippen LogP contribution in [-0.2, 0) is 0 Å². The van der Waals surface area contributed by atoms with Gasteiger partial charge in [-0.3, -0.25) is 0 Å². The van der Waals surface area contributed by atoms with Gasteiger partial charge >= 0.3 is 0 Å². The van der Waals surface area contributed by atoms with E-state index in [9.17, 15) is 0 Å². The van der Waals surface area contributed by atoms with Crippen LogP contribution in [-0.4, -0.2) is 0 Å². The van der Waals surface area contributed by atoms with Crippen LogP contribution in [0.25, 0.3) is 0 Å². The topological polar surface area (TPSA) is 47.6 Å². The van der Waals surface area contributed by atoms with Gasteiger partial charge in [-0.1, -0.05) is 20.8 Å². The van der Waals surface area contributed by atoms with Crippen molar-refractivity contribution in [2.45, 2.75) is 27.7 Å². The van der Waals surface area contributed by atoms with Gasteiger partial charge in [0.1, 0.15) is 0 Å². The molecule has 0 saturated heterocycles. The molecule has 0 aliphatic carbocycles. The maximum absolute atomic E-state index is 8.70. The fourth-order valence-corrected chi connectivity index (χ4v) is 0.870. The van der Waals surface area contributed by atoms with Crippen molar-refractivity contribution < 1.29 is 0 Å². The Kier molecular flexibility index (Phi) is 2.84. The predicted molar refractivity (Wildman–Crippen MR) is 43.4 cm³/mol. The fraction of sp³-hybridized carbons (Fsp3) is 0.556. The van der Waals surface area contributed by atoms with Crippen LogP contribution in [0.5, 0.6) is 0 Å². The van der Waals surface area contributed by atoms with Crippen molar-refractivity contribution >= 4 is 0 Å². The number of rotatable bonds is 0. The van der Waals surface area contributed by atoms with Crippen LogP contribution < -0.4 is 0 Å². The summed E-state index contributed by atoms with van der Waals surface area (Å²) in [6, 6.07) is 4.03. The zero-order chi connectivity index (χ0) is 9.07. The Morgan fingerprint density at radius 3 is 1.64 bits per heavy atom. The van der Waals surface area contributed by atoms with Crippen LogP contribution >= 0.6 is 0 Å². The maximum Gasteiger partial charge on any atom is 0.0963 e. The summed E-state index contributed by atoms with van der Waals surface area (Å²) in [5.74, 6) is 0. The van der Waals surface area contributed by atoms with Gasteiger partial charge in [0.15, 0.2) is 0 Å². The molecule has 0 radical (unpaired) electrons. The van der Waals surface area contributed by atoms with E-state index in [1.54, 1.807) is 6.92 Å². The number of nitriles is 2. The fourth-order valence-electron chi connectivity index (χ4n) is 0.870. The number of hydrogen-bond acceptors (Lipinski definition) is 2. The Labute approximate surface area is 67.8 Å². The highest BCUT2D eigenvalue weighted by molar-refractivity contribution is 5.38. The second kappa shape index (κ2) is 3.21. The summed E-state index contributed by atoms with van der Waals surface area (Å²) in [5, 5.41) is 17.2. The Bertz CT molecular complexity index is 253. The first-order chi connectivity index (χ1) is 4.93. The molecule has 0 spiro atoms. The van der Waals surface area contributed by atoms with Gasteiger partial charge in [-0.05, 0) is 12.3 Å². The van der Waals surface area contributed by atoms with Crippen LogP contribution in [0.4, 0.5) is 0 Å². The lowest BCUT2D eigenvalue weighted by atomic mass is 9.85. The number of hydrogen-bond donors (Lipinski definition) is 0. The minimum absolute atomic E-state index is 0.214. The van der Waals surface area contributed by atoms with Gasteiger partial charge in [0.2, 0.25) is 0 Å². The van der Waals surface area contributed by atoms with E-state index in [-0.39, 0.29) is 5.41 Å². The molecule has 0 N–H and O–H groups in total. The molecule has 11 heavy (non-hydrogen) atoms.